The van der Waals surface area contributed by atoms with E-state index in [2.05, 4.69) is 51.5 Å². The second-order valence-corrected chi connectivity index (χ2v) is 8.18. The van der Waals surface area contributed by atoms with Gasteiger partial charge in [-0.1, -0.05) is 30.3 Å². The first-order chi connectivity index (χ1) is 14.2. The Morgan fingerprint density at radius 2 is 1.62 bits per heavy atom. The predicted molar refractivity (Wildman–Crippen MR) is 110 cm³/mol. The maximum absolute atomic E-state index is 12.5. The van der Waals surface area contributed by atoms with Gasteiger partial charge in [0, 0.05) is 38.8 Å². The van der Waals surface area contributed by atoms with Crippen molar-refractivity contribution in [2.24, 2.45) is 0 Å². The number of carbonyl (C=O) groups excluding carboxylic acids is 1. The Hall–Kier alpha value is -2.57. The van der Waals surface area contributed by atoms with Gasteiger partial charge in [0.15, 0.2) is 11.5 Å². The number of hydrogen-bond donors (Lipinski definition) is 1. The normalized spacial score (nSPS) is 19.3. The fourth-order valence-corrected chi connectivity index (χ4v) is 4.54. The van der Waals surface area contributed by atoms with Gasteiger partial charge in [-0.3, -0.25) is 14.6 Å². The minimum Gasteiger partial charge on any atom is -0.454 e. The van der Waals surface area contributed by atoms with Crippen LogP contribution in [0, 0.1) is 0 Å². The Labute approximate surface area is 171 Å². The first kappa shape index (κ1) is 18.5. The van der Waals surface area contributed by atoms with Crippen molar-refractivity contribution >= 4 is 5.91 Å². The molecular weight excluding hydrogens is 366 g/mol. The number of rotatable bonds is 5. The number of ether oxygens (including phenoxy) is 2. The first-order valence-corrected chi connectivity index (χ1v) is 10.4. The fourth-order valence-electron chi connectivity index (χ4n) is 4.54. The van der Waals surface area contributed by atoms with Crippen LogP contribution in [0.2, 0.25) is 0 Å². The van der Waals surface area contributed by atoms with Crippen LogP contribution in [0.1, 0.15) is 16.7 Å². The molecule has 0 bridgehead atoms. The van der Waals surface area contributed by atoms with E-state index in [4.69, 9.17) is 9.47 Å². The smallest absolute Gasteiger partial charge is 0.234 e. The zero-order chi connectivity index (χ0) is 19.6. The molecule has 5 rings (SSSR count). The van der Waals surface area contributed by atoms with E-state index in [-0.39, 0.29) is 11.9 Å². The summed E-state index contributed by atoms with van der Waals surface area (Å²) in [6.07, 6.45) is 1.90. The van der Waals surface area contributed by atoms with Crippen molar-refractivity contribution < 1.29 is 14.3 Å². The minimum absolute atomic E-state index is 0.145. The van der Waals surface area contributed by atoms with E-state index in [1.807, 2.05) is 6.07 Å². The molecule has 2 heterocycles. The molecule has 1 amide bonds. The third-order valence-electron chi connectivity index (χ3n) is 6.09. The Balaban J connectivity index is 1.06. The van der Waals surface area contributed by atoms with E-state index in [0.717, 1.165) is 57.1 Å². The molecule has 2 aromatic rings. The van der Waals surface area contributed by atoms with Crippen LogP contribution in [0.4, 0.5) is 0 Å². The molecule has 1 aliphatic carbocycles. The average Bonchev–Trinajstić information content (AvgIpc) is 3.35. The van der Waals surface area contributed by atoms with E-state index in [0.29, 0.717) is 13.3 Å². The standard InChI is InChI=1S/C23H27N3O3/c27-23(24-20-12-18-3-1-2-4-19(18)13-20)15-26-9-7-25(8-10-26)14-17-5-6-21-22(11-17)29-16-28-21/h1-6,11,20H,7-10,12-16H2,(H,24,27). The van der Waals surface area contributed by atoms with Crippen molar-refractivity contribution in [1.29, 1.82) is 0 Å². The number of benzene rings is 2. The summed E-state index contributed by atoms with van der Waals surface area (Å²) in [6, 6.07) is 14.9. The van der Waals surface area contributed by atoms with E-state index in [1.165, 1.54) is 16.7 Å². The lowest BCUT2D eigenvalue weighted by atomic mass is 10.1. The molecule has 6 nitrogen and oxygen atoms in total. The highest BCUT2D eigenvalue weighted by molar-refractivity contribution is 5.78. The number of hydrogen-bond acceptors (Lipinski definition) is 5. The third-order valence-corrected chi connectivity index (χ3v) is 6.09. The summed E-state index contributed by atoms with van der Waals surface area (Å²) in [7, 11) is 0. The van der Waals surface area contributed by atoms with Crippen LogP contribution in [0.15, 0.2) is 42.5 Å². The fraction of sp³-hybridized carbons (Fsp3) is 0.435. The molecule has 0 aromatic heterocycles. The van der Waals surface area contributed by atoms with Crippen molar-refractivity contribution in [3.05, 3.63) is 59.2 Å². The molecule has 1 fully saturated rings. The molecular formula is C23H27N3O3. The lowest BCUT2D eigenvalue weighted by Crippen LogP contribution is -2.50. The molecule has 3 aliphatic rings. The van der Waals surface area contributed by atoms with Crippen LogP contribution in [0.25, 0.3) is 0 Å². The molecule has 0 unspecified atom stereocenters. The molecule has 29 heavy (non-hydrogen) atoms. The SMILES string of the molecule is O=C(CN1CCN(Cc2ccc3c(c2)OCO3)CC1)NC1Cc2ccccc2C1. The van der Waals surface area contributed by atoms with Gasteiger partial charge in [0.1, 0.15) is 0 Å². The van der Waals surface area contributed by atoms with Crippen LogP contribution in [-0.4, -0.2) is 61.3 Å². The van der Waals surface area contributed by atoms with Gasteiger partial charge in [-0.25, -0.2) is 0 Å². The number of nitrogens with zero attached hydrogens (tertiary/aromatic N) is 2. The van der Waals surface area contributed by atoms with Crippen molar-refractivity contribution in [1.82, 2.24) is 15.1 Å². The predicted octanol–water partition coefficient (Wildman–Crippen LogP) is 1.82. The van der Waals surface area contributed by atoms with Crippen LogP contribution >= 0.6 is 0 Å². The van der Waals surface area contributed by atoms with Gasteiger partial charge >= 0.3 is 0 Å². The summed E-state index contributed by atoms with van der Waals surface area (Å²) < 4.78 is 10.9. The van der Waals surface area contributed by atoms with E-state index in [9.17, 15) is 4.79 Å². The molecule has 0 radical (unpaired) electrons. The lowest BCUT2D eigenvalue weighted by molar-refractivity contribution is -0.123. The van der Waals surface area contributed by atoms with E-state index in [1.54, 1.807) is 0 Å². The zero-order valence-electron chi connectivity index (χ0n) is 16.6. The highest BCUT2D eigenvalue weighted by Gasteiger charge is 2.24. The molecule has 152 valence electrons. The second kappa shape index (κ2) is 8.05. The molecule has 0 atom stereocenters. The summed E-state index contributed by atoms with van der Waals surface area (Å²) in [5.41, 5.74) is 3.98. The van der Waals surface area contributed by atoms with Gasteiger partial charge < -0.3 is 14.8 Å². The van der Waals surface area contributed by atoms with Crippen molar-refractivity contribution in [3.8, 4) is 11.5 Å². The van der Waals surface area contributed by atoms with E-state index >= 15 is 0 Å². The van der Waals surface area contributed by atoms with Gasteiger partial charge in [-0.2, -0.15) is 0 Å². The third kappa shape index (κ3) is 4.23. The minimum atomic E-state index is 0.145. The number of nitrogens with one attached hydrogen (secondary N) is 1. The van der Waals surface area contributed by atoms with Crippen molar-refractivity contribution in [3.63, 3.8) is 0 Å². The molecule has 1 saturated heterocycles. The molecule has 1 N–H and O–H groups in total. The molecule has 2 aromatic carbocycles. The zero-order valence-corrected chi connectivity index (χ0v) is 16.6. The lowest BCUT2D eigenvalue weighted by Gasteiger charge is -2.34. The Kier molecular flexibility index (Phi) is 5.12. The summed E-state index contributed by atoms with van der Waals surface area (Å²) in [5, 5.41) is 3.23. The Morgan fingerprint density at radius 1 is 0.931 bits per heavy atom. The molecule has 0 spiro atoms. The van der Waals surface area contributed by atoms with E-state index < -0.39 is 0 Å². The number of fused-ring (bicyclic) bond motifs is 2. The summed E-state index contributed by atoms with van der Waals surface area (Å²) in [4.78, 5) is 17.2. The maximum Gasteiger partial charge on any atom is 0.234 e. The van der Waals surface area contributed by atoms with Crippen molar-refractivity contribution in [2.45, 2.75) is 25.4 Å². The monoisotopic (exact) mass is 393 g/mol. The number of piperazine rings is 1. The molecule has 6 heteroatoms. The van der Waals surface area contributed by atoms with Crippen molar-refractivity contribution in [2.75, 3.05) is 39.5 Å². The summed E-state index contributed by atoms with van der Waals surface area (Å²) in [6.45, 7) is 5.48. The molecule has 0 saturated carbocycles. The highest BCUT2D eigenvalue weighted by Crippen LogP contribution is 2.32. The Bertz CT molecular complexity index is 868. The van der Waals surface area contributed by atoms with Crippen LogP contribution in [0.5, 0.6) is 11.5 Å². The van der Waals surface area contributed by atoms with Gasteiger partial charge in [0.2, 0.25) is 12.7 Å². The summed E-state index contributed by atoms with van der Waals surface area (Å²) >= 11 is 0. The quantitative estimate of drug-likeness (QED) is 0.840. The number of carbonyl (C=O) groups is 1. The van der Waals surface area contributed by atoms with Gasteiger partial charge in [0.05, 0.1) is 6.54 Å². The number of amides is 1. The van der Waals surface area contributed by atoms with Crippen LogP contribution in [0.3, 0.4) is 0 Å². The van der Waals surface area contributed by atoms with Crippen LogP contribution < -0.4 is 14.8 Å². The van der Waals surface area contributed by atoms with Gasteiger partial charge in [-0.15, -0.1) is 0 Å². The largest absolute Gasteiger partial charge is 0.454 e. The average molecular weight is 393 g/mol. The van der Waals surface area contributed by atoms with Gasteiger partial charge in [0.25, 0.3) is 0 Å². The summed E-state index contributed by atoms with van der Waals surface area (Å²) in [5.74, 6) is 1.81. The van der Waals surface area contributed by atoms with Gasteiger partial charge in [-0.05, 0) is 41.7 Å². The second-order valence-electron chi connectivity index (χ2n) is 8.18. The van der Waals surface area contributed by atoms with Crippen LogP contribution in [-0.2, 0) is 24.2 Å². The molecule has 2 aliphatic heterocycles. The topological polar surface area (TPSA) is 54.0 Å². The first-order valence-electron chi connectivity index (χ1n) is 10.4. The Morgan fingerprint density at radius 3 is 2.38 bits per heavy atom. The highest BCUT2D eigenvalue weighted by atomic mass is 16.7. The maximum atomic E-state index is 12.5.